The highest BCUT2D eigenvalue weighted by molar-refractivity contribution is 7.09. The molecule has 0 fully saturated rings. The van der Waals surface area contributed by atoms with E-state index in [1.165, 1.54) is 0 Å². The van der Waals surface area contributed by atoms with E-state index in [1.54, 1.807) is 22.2 Å². The molecule has 0 radical (unpaired) electrons. The van der Waals surface area contributed by atoms with E-state index in [0.29, 0.717) is 18.8 Å². The second kappa shape index (κ2) is 5.69. The van der Waals surface area contributed by atoms with E-state index in [0.717, 1.165) is 10.7 Å². The van der Waals surface area contributed by atoms with Gasteiger partial charge in [-0.25, -0.2) is 9.67 Å². The first-order valence-corrected chi connectivity index (χ1v) is 6.32. The van der Waals surface area contributed by atoms with Crippen LogP contribution in [0, 0.1) is 6.92 Å². The van der Waals surface area contributed by atoms with Crippen LogP contribution in [0.5, 0.6) is 0 Å². The van der Waals surface area contributed by atoms with Crippen LogP contribution in [0.25, 0.3) is 0 Å². The summed E-state index contributed by atoms with van der Waals surface area (Å²) in [5.41, 5.74) is 6.89. The predicted octanol–water partition coefficient (Wildman–Crippen LogP) is -0.334. The third-order valence-electron chi connectivity index (χ3n) is 2.20. The summed E-state index contributed by atoms with van der Waals surface area (Å²) in [6, 6.07) is 0. The fourth-order valence-corrected chi connectivity index (χ4v) is 2.13. The van der Waals surface area contributed by atoms with E-state index >= 15 is 0 Å². The maximum absolute atomic E-state index is 11.0. The van der Waals surface area contributed by atoms with Crippen LogP contribution < -0.4 is 11.1 Å². The van der Waals surface area contributed by atoms with Crippen molar-refractivity contribution in [2.75, 3.05) is 6.54 Å². The highest BCUT2D eigenvalue weighted by Crippen LogP contribution is 2.09. The molecular weight excluding hydrogens is 252 g/mol. The number of aromatic nitrogens is 4. The zero-order valence-electron chi connectivity index (χ0n) is 9.96. The smallest absolute Gasteiger partial charge is 0.234 e. The van der Waals surface area contributed by atoms with Crippen LogP contribution in [0.1, 0.15) is 16.4 Å². The molecule has 96 valence electrons. The number of carbonyl (C=O) groups excluding carboxylic acids is 1. The number of amides is 1. The van der Waals surface area contributed by atoms with Gasteiger partial charge in [-0.1, -0.05) is 5.21 Å². The number of rotatable bonds is 5. The SMILES string of the molecule is Cc1csc(Cn2cc(CNC(=O)CN)nn2)n1. The van der Waals surface area contributed by atoms with E-state index in [4.69, 9.17) is 5.73 Å². The van der Waals surface area contributed by atoms with E-state index in [2.05, 4.69) is 20.6 Å². The van der Waals surface area contributed by atoms with Crippen molar-refractivity contribution >= 4 is 17.2 Å². The molecule has 3 N–H and O–H groups in total. The van der Waals surface area contributed by atoms with Crippen LogP contribution in [0.4, 0.5) is 0 Å². The molecule has 0 saturated heterocycles. The summed E-state index contributed by atoms with van der Waals surface area (Å²) in [7, 11) is 0. The van der Waals surface area contributed by atoms with Gasteiger partial charge in [0.15, 0.2) is 0 Å². The second-order valence-electron chi connectivity index (χ2n) is 3.77. The van der Waals surface area contributed by atoms with Gasteiger partial charge in [0.25, 0.3) is 0 Å². The van der Waals surface area contributed by atoms with E-state index in [1.807, 2.05) is 12.3 Å². The molecule has 0 saturated carbocycles. The molecule has 2 heterocycles. The molecule has 0 atom stereocenters. The van der Waals surface area contributed by atoms with E-state index in [9.17, 15) is 4.79 Å². The van der Waals surface area contributed by atoms with Crippen LogP contribution in [0.2, 0.25) is 0 Å². The standard InChI is InChI=1S/C10H14N6OS/c1-7-6-18-10(13-7)5-16-4-8(14-15-16)3-12-9(17)2-11/h4,6H,2-3,5,11H2,1H3,(H,12,17). The summed E-state index contributed by atoms with van der Waals surface area (Å²) in [5.74, 6) is -0.208. The van der Waals surface area contributed by atoms with E-state index in [-0.39, 0.29) is 12.5 Å². The maximum Gasteiger partial charge on any atom is 0.234 e. The summed E-state index contributed by atoms with van der Waals surface area (Å²) in [6.45, 7) is 2.87. The number of thiazole rings is 1. The van der Waals surface area contributed by atoms with Crippen molar-refractivity contribution < 1.29 is 4.79 Å². The average molecular weight is 266 g/mol. The zero-order valence-corrected chi connectivity index (χ0v) is 10.8. The van der Waals surface area contributed by atoms with Crippen molar-refractivity contribution in [3.8, 4) is 0 Å². The lowest BCUT2D eigenvalue weighted by Gasteiger charge is -1.98. The highest BCUT2D eigenvalue weighted by Gasteiger charge is 2.05. The Labute approximate surface area is 108 Å². The lowest BCUT2D eigenvalue weighted by atomic mass is 10.4. The van der Waals surface area contributed by atoms with Gasteiger partial charge in [0.1, 0.15) is 10.7 Å². The molecule has 2 aromatic rings. The Hall–Kier alpha value is -1.80. The van der Waals surface area contributed by atoms with Crippen LogP contribution in [0.15, 0.2) is 11.6 Å². The molecule has 0 aliphatic carbocycles. The Morgan fingerprint density at radius 1 is 1.61 bits per heavy atom. The van der Waals surface area contributed by atoms with Gasteiger partial charge >= 0.3 is 0 Å². The molecule has 18 heavy (non-hydrogen) atoms. The molecule has 2 rings (SSSR count). The molecule has 0 aliphatic rings. The molecule has 0 aliphatic heterocycles. The van der Waals surface area contributed by atoms with E-state index < -0.39 is 0 Å². The first kappa shape index (κ1) is 12.7. The normalized spacial score (nSPS) is 10.6. The zero-order chi connectivity index (χ0) is 13.0. The number of nitrogens with zero attached hydrogens (tertiary/aromatic N) is 4. The lowest BCUT2D eigenvalue weighted by molar-refractivity contribution is -0.119. The van der Waals surface area contributed by atoms with Crippen molar-refractivity contribution in [3.05, 3.63) is 28.0 Å². The molecule has 7 nitrogen and oxygen atoms in total. The monoisotopic (exact) mass is 266 g/mol. The number of hydrogen-bond donors (Lipinski definition) is 2. The molecule has 0 bridgehead atoms. The average Bonchev–Trinajstić information content (AvgIpc) is 2.96. The fraction of sp³-hybridized carbons (Fsp3) is 0.400. The van der Waals surface area contributed by atoms with Crippen molar-refractivity contribution in [1.29, 1.82) is 0 Å². The second-order valence-corrected chi connectivity index (χ2v) is 4.71. The van der Waals surface area contributed by atoms with Crippen molar-refractivity contribution in [3.63, 3.8) is 0 Å². The minimum Gasteiger partial charge on any atom is -0.349 e. The van der Waals surface area contributed by atoms with Crippen LogP contribution >= 0.6 is 11.3 Å². The maximum atomic E-state index is 11.0. The van der Waals surface area contributed by atoms with Gasteiger partial charge in [0, 0.05) is 11.1 Å². The molecular formula is C10H14N6OS. The summed E-state index contributed by atoms with van der Waals surface area (Å²) >= 11 is 1.59. The molecule has 8 heteroatoms. The summed E-state index contributed by atoms with van der Waals surface area (Å²) in [4.78, 5) is 15.3. The van der Waals surface area contributed by atoms with Crippen LogP contribution in [-0.2, 0) is 17.9 Å². The lowest BCUT2D eigenvalue weighted by Crippen LogP contribution is -2.29. The number of hydrogen-bond acceptors (Lipinski definition) is 6. The predicted molar refractivity (Wildman–Crippen MR) is 66.9 cm³/mol. The third kappa shape index (κ3) is 3.34. The first-order chi connectivity index (χ1) is 8.67. The minimum atomic E-state index is -0.208. The summed E-state index contributed by atoms with van der Waals surface area (Å²) in [6.07, 6.45) is 1.79. The largest absolute Gasteiger partial charge is 0.349 e. The van der Waals surface area contributed by atoms with Gasteiger partial charge in [-0.3, -0.25) is 4.79 Å². The Morgan fingerprint density at radius 2 is 2.44 bits per heavy atom. The van der Waals surface area contributed by atoms with Gasteiger partial charge < -0.3 is 11.1 Å². The number of nitrogens with one attached hydrogen (secondary N) is 1. The summed E-state index contributed by atoms with van der Waals surface area (Å²) < 4.78 is 1.70. The highest BCUT2D eigenvalue weighted by atomic mass is 32.1. The topological polar surface area (TPSA) is 98.7 Å². The Kier molecular flexibility index (Phi) is 4.00. The van der Waals surface area contributed by atoms with Gasteiger partial charge in [-0.15, -0.1) is 16.4 Å². The quantitative estimate of drug-likeness (QED) is 0.772. The molecule has 0 aromatic carbocycles. The van der Waals surface area contributed by atoms with Gasteiger partial charge in [0.2, 0.25) is 5.91 Å². The molecule has 0 spiro atoms. The van der Waals surface area contributed by atoms with Gasteiger partial charge in [-0.05, 0) is 6.92 Å². The Balaban J connectivity index is 1.91. The van der Waals surface area contributed by atoms with Crippen molar-refractivity contribution in [1.82, 2.24) is 25.3 Å². The Bertz CT molecular complexity index is 534. The fourth-order valence-electron chi connectivity index (χ4n) is 1.37. The van der Waals surface area contributed by atoms with Crippen LogP contribution in [-0.4, -0.2) is 32.4 Å². The van der Waals surface area contributed by atoms with Gasteiger partial charge in [0.05, 0.1) is 25.8 Å². The first-order valence-electron chi connectivity index (χ1n) is 5.44. The van der Waals surface area contributed by atoms with Crippen molar-refractivity contribution in [2.45, 2.75) is 20.0 Å². The number of carbonyl (C=O) groups is 1. The van der Waals surface area contributed by atoms with Crippen molar-refractivity contribution in [2.24, 2.45) is 5.73 Å². The third-order valence-corrected chi connectivity index (χ3v) is 3.15. The molecule has 2 aromatic heterocycles. The molecule has 1 amide bonds. The number of nitrogens with two attached hydrogens (primary N) is 1. The summed E-state index contributed by atoms with van der Waals surface area (Å²) in [5, 5.41) is 13.5. The van der Waals surface area contributed by atoms with Gasteiger partial charge in [-0.2, -0.15) is 0 Å². The molecule has 0 unspecified atom stereocenters. The Morgan fingerprint density at radius 3 is 3.11 bits per heavy atom. The number of aryl methyl sites for hydroxylation is 1. The minimum absolute atomic E-state index is 0.0213. The van der Waals surface area contributed by atoms with Crippen LogP contribution in [0.3, 0.4) is 0 Å².